The zero-order valence-corrected chi connectivity index (χ0v) is 14.4. The molecule has 1 aliphatic rings. The number of ether oxygens (including phenoxy) is 1. The molecule has 1 fully saturated rings. The van der Waals surface area contributed by atoms with E-state index < -0.39 is 9.84 Å². The maximum Gasteiger partial charge on any atom is 0.252 e. The van der Waals surface area contributed by atoms with E-state index in [9.17, 15) is 13.2 Å². The van der Waals surface area contributed by atoms with Crippen molar-refractivity contribution >= 4 is 15.7 Å². The van der Waals surface area contributed by atoms with Gasteiger partial charge in [0, 0.05) is 25.3 Å². The number of methoxy groups -OCH3 is 1. The second-order valence-electron chi connectivity index (χ2n) is 6.13. The summed E-state index contributed by atoms with van der Waals surface area (Å²) in [6.45, 7) is 2.82. The lowest BCUT2D eigenvalue weighted by molar-refractivity contribution is 0.0511. The van der Waals surface area contributed by atoms with E-state index in [1.54, 1.807) is 19.2 Å². The molecule has 2 rings (SSSR count). The normalized spacial score (nSPS) is 17.7. The minimum atomic E-state index is -3.44. The van der Waals surface area contributed by atoms with E-state index in [0.717, 1.165) is 32.2 Å². The molecule has 23 heavy (non-hydrogen) atoms. The van der Waals surface area contributed by atoms with E-state index in [1.165, 1.54) is 12.1 Å². The molecule has 0 radical (unpaired) electrons. The van der Waals surface area contributed by atoms with Gasteiger partial charge in [0.25, 0.3) is 5.91 Å². The lowest BCUT2D eigenvalue weighted by Gasteiger charge is -2.37. The summed E-state index contributed by atoms with van der Waals surface area (Å²) in [5.41, 5.74) is 0.0897. The van der Waals surface area contributed by atoms with Gasteiger partial charge >= 0.3 is 0 Å². The SMILES string of the molecule is COCC1(CNC(=O)c2ccccc2S(C)(=O)=O)CCNCC1. The summed E-state index contributed by atoms with van der Waals surface area (Å²) in [6, 6.07) is 6.28. The fourth-order valence-corrected chi connectivity index (χ4v) is 3.86. The molecule has 1 aromatic carbocycles. The zero-order valence-electron chi connectivity index (χ0n) is 13.6. The fraction of sp³-hybridized carbons (Fsp3) is 0.562. The number of benzene rings is 1. The largest absolute Gasteiger partial charge is 0.384 e. The Balaban J connectivity index is 2.13. The first-order chi connectivity index (χ1) is 10.9. The Morgan fingerprint density at radius 3 is 2.57 bits per heavy atom. The first-order valence-corrected chi connectivity index (χ1v) is 9.54. The van der Waals surface area contributed by atoms with Crippen LogP contribution >= 0.6 is 0 Å². The Kier molecular flexibility index (Phi) is 5.78. The van der Waals surface area contributed by atoms with E-state index >= 15 is 0 Å². The molecular formula is C16H24N2O4S. The summed E-state index contributed by atoms with van der Waals surface area (Å²) in [7, 11) is -1.79. The Labute approximate surface area is 137 Å². The third-order valence-corrected chi connectivity index (χ3v) is 5.42. The van der Waals surface area contributed by atoms with E-state index in [4.69, 9.17) is 4.74 Å². The smallest absolute Gasteiger partial charge is 0.252 e. The summed E-state index contributed by atoms with van der Waals surface area (Å²) >= 11 is 0. The van der Waals surface area contributed by atoms with Crippen molar-refractivity contribution in [3.63, 3.8) is 0 Å². The number of carbonyl (C=O) groups excluding carboxylic acids is 1. The number of amides is 1. The van der Waals surface area contributed by atoms with Crippen molar-refractivity contribution < 1.29 is 17.9 Å². The first-order valence-electron chi connectivity index (χ1n) is 7.65. The fourth-order valence-electron chi connectivity index (χ4n) is 2.98. The van der Waals surface area contributed by atoms with Crippen molar-refractivity contribution in [3.05, 3.63) is 29.8 Å². The number of rotatable bonds is 6. The maximum absolute atomic E-state index is 12.5. The predicted octanol–water partition coefficient (Wildman–Crippen LogP) is 0.836. The highest BCUT2D eigenvalue weighted by molar-refractivity contribution is 7.90. The Hall–Kier alpha value is -1.44. The highest BCUT2D eigenvalue weighted by Crippen LogP contribution is 2.28. The summed E-state index contributed by atoms with van der Waals surface area (Å²) < 4.78 is 29.0. The number of piperidine rings is 1. The lowest BCUT2D eigenvalue weighted by Crippen LogP contribution is -2.47. The lowest BCUT2D eigenvalue weighted by atomic mass is 9.79. The van der Waals surface area contributed by atoms with Gasteiger partial charge in [-0.3, -0.25) is 4.79 Å². The number of carbonyl (C=O) groups is 1. The topological polar surface area (TPSA) is 84.5 Å². The molecule has 1 aromatic rings. The molecule has 7 heteroatoms. The van der Waals surface area contributed by atoms with E-state index in [2.05, 4.69) is 10.6 Å². The van der Waals surface area contributed by atoms with Gasteiger partial charge in [0.15, 0.2) is 9.84 Å². The molecule has 0 bridgehead atoms. The number of hydrogen-bond acceptors (Lipinski definition) is 5. The molecule has 1 heterocycles. The molecule has 0 saturated carbocycles. The average Bonchev–Trinajstić information content (AvgIpc) is 2.53. The Morgan fingerprint density at radius 1 is 1.30 bits per heavy atom. The van der Waals surface area contributed by atoms with E-state index in [0.29, 0.717) is 13.2 Å². The third kappa shape index (κ3) is 4.53. The molecule has 0 atom stereocenters. The zero-order chi connectivity index (χ0) is 16.9. The van der Waals surface area contributed by atoms with Crippen LogP contribution in [0.3, 0.4) is 0 Å². The van der Waals surface area contributed by atoms with Crippen LogP contribution in [0.4, 0.5) is 0 Å². The van der Waals surface area contributed by atoms with Crippen LogP contribution in [0.5, 0.6) is 0 Å². The quantitative estimate of drug-likeness (QED) is 0.801. The molecule has 1 amide bonds. The van der Waals surface area contributed by atoms with Crippen LogP contribution in [-0.2, 0) is 14.6 Å². The van der Waals surface area contributed by atoms with Crippen molar-refractivity contribution in [3.8, 4) is 0 Å². The van der Waals surface area contributed by atoms with Crippen molar-refractivity contribution in [2.75, 3.05) is 39.6 Å². The summed E-state index contributed by atoms with van der Waals surface area (Å²) in [5.74, 6) is -0.361. The molecule has 128 valence electrons. The number of sulfone groups is 1. The molecule has 0 aliphatic carbocycles. The van der Waals surface area contributed by atoms with Crippen LogP contribution in [0.1, 0.15) is 23.2 Å². The molecule has 0 unspecified atom stereocenters. The van der Waals surface area contributed by atoms with Gasteiger partial charge in [-0.2, -0.15) is 0 Å². The van der Waals surface area contributed by atoms with Crippen LogP contribution in [0.2, 0.25) is 0 Å². The summed E-state index contributed by atoms with van der Waals surface area (Å²) in [4.78, 5) is 12.5. The molecular weight excluding hydrogens is 316 g/mol. The molecule has 1 saturated heterocycles. The van der Waals surface area contributed by atoms with Crippen molar-refractivity contribution in [2.45, 2.75) is 17.7 Å². The third-order valence-electron chi connectivity index (χ3n) is 4.27. The van der Waals surface area contributed by atoms with Crippen LogP contribution in [0.15, 0.2) is 29.2 Å². The van der Waals surface area contributed by atoms with Crippen LogP contribution in [0, 0.1) is 5.41 Å². The second-order valence-corrected chi connectivity index (χ2v) is 8.12. The molecule has 6 nitrogen and oxygen atoms in total. The molecule has 0 spiro atoms. The minimum absolute atomic E-state index is 0.0589. The van der Waals surface area contributed by atoms with Crippen molar-refractivity contribution in [1.82, 2.24) is 10.6 Å². The van der Waals surface area contributed by atoms with Gasteiger partial charge in [0.2, 0.25) is 0 Å². The number of nitrogens with one attached hydrogen (secondary N) is 2. The van der Waals surface area contributed by atoms with Gasteiger partial charge < -0.3 is 15.4 Å². The van der Waals surface area contributed by atoms with Gasteiger partial charge in [0.05, 0.1) is 17.1 Å². The van der Waals surface area contributed by atoms with E-state index in [-0.39, 0.29) is 21.8 Å². The maximum atomic E-state index is 12.5. The highest BCUT2D eigenvalue weighted by Gasteiger charge is 2.33. The summed E-state index contributed by atoms with van der Waals surface area (Å²) in [6.07, 6.45) is 2.93. The van der Waals surface area contributed by atoms with Gasteiger partial charge in [-0.05, 0) is 38.1 Å². The first kappa shape index (κ1) is 17.9. The molecule has 2 N–H and O–H groups in total. The standard InChI is InChI=1S/C16H24N2O4S/c1-22-12-16(7-9-17-10-8-16)11-18-15(19)13-5-3-4-6-14(13)23(2,20)21/h3-6,17H,7-12H2,1-2H3,(H,18,19). The van der Waals surface area contributed by atoms with Gasteiger partial charge in [-0.1, -0.05) is 12.1 Å². The predicted molar refractivity (Wildman–Crippen MR) is 88.3 cm³/mol. The van der Waals surface area contributed by atoms with Gasteiger partial charge in [-0.15, -0.1) is 0 Å². The second kappa shape index (κ2) is 7.42. The highest BCUT2D eigenvalue weighted by atomic mass is 32.2. The molecule has 1 aliphatic heterocycles. The Bertz CT molecular complexity index is 646. The average molecular weight is 340 g/mol. The van der Waals surface area contributed by atoms with Crippen LogP contribution in [-0.4, -0.2) is 53.9 Å². The van der Waals surface area contributed by atoms with Crippen LogP contribution < -0.4 is 10.6 Å². The minimum Gasteiger partial charge on any atom is -0.384 e. The monoisotopic (exact) mass is 340 g/mol. The van der Waals surface area contributed by atoms with Gasteiger partial charge in [-0.25, -0.2) is 8.42 Å². The van der Waals surface area contributed by atoms with Crippen LogP contribution in [0.25, 0.3) is 0 Å². The van der Waals surface area contributed by atoms with E-state index in [1.807, 2.05) is 0 Å². The Morgan fingerprint density at radius 2 is 1.96 bits per heavy atom. The van der Waals surface area contributed by atoms with Gasteiger partial charge in [0.1, 0.15) is 0 Å². The van der Waals surface area contributed by atoms with Crippen molar-refractivity contribution in [1.29, 1.82) is 0 Å². The summed E-state index contributed by atoms with van der Waals surface area (Å²) in [5, 5.41) is 6.19. The number of hydrogen-bond donors (Lipinski definition) is 2. The molecule has 0 aromatic heterocycles. The van der Waals surface area contributed by atoms with Crippen molar-refractivity contribution in [2.24, 2.45) is 5.41 Å².